The fraction of sp³-hybridized carbons (Fsp3) is 0.300. The lowest BCUT2D eigenvalue weighted by Crippen LogP contribution is -2.47. The normalized spacial score (nSPS) is 23.4. The number of fused-ring (bicyclic) bond motifs is 1. The molecule has 29 heavy (non-hydrogen) atoms. The predicted octanol–water partition coefficient (Wildman–Crippen LogP) is 2.64. The zero-order valence-electron chi connectivity index (χ0n) is 15.4. The van der Waals surface area contributed by atoms with E-state index in [1.807, 2.05) is 6.07 Å². The summed E-state index contributed by atoms with van der Waals surface area (Å²) in [4.78, 5) is 21.1. The highest BCUT2D eigenvalue weighted by atomic mass is 32.2. The maximum Gasteiger partial charge on any atom is 0.274 e. The van der Waals surface area contributed by atoms with Gasteiger partial charge < -0.3 is 15.8 Å². The van der Waals surface area contributed by atoms with E-state index < -0.39 is 17.3 Å². The van der Waals surface area contributed by atoms with Gasteiger partial charge in [0.2, 0.25) is 0 Å². The molecule has 3 heterocycles. The maximum atomic E-state index is 14.9. The molecule has 7 nitrogen and oxygen atoms in total. The number of hydrogen-bond donors (Lipinski definition) is 2. The summed E-state index contributed by atoms with van der Waals surface area (Å²) in [6.07, 6.45) is 1.85. The van der Waals surface area contributed by atoms with E-state index in [4.69, 9.17) is 15.7 Å². The summed E-state index contributed by atoms with van der Waals surface area (Å²) in [5.41, 5.74) is 6.54. The highest BCUT2D eigenvalue weighted by Crippen LogP contribution is 2.46. The number of nitrogens with one attached hydrogen (secondary N) is 1. The molecule has 2 atom stereocenters. The van der Waals surface area contributed by atoms with Crippen LogP contribution in [-0.2, 0) is 10.3 Å². The van der Waals surface area contributed by atoms with E-state index in [-0.39, 0.29) is 11.6 Å². The maximum absolute atomic E-state index is 14.9. The number of pyridine rings is 1. The number of aliphatic imine (C=N–C) groups is 1. The Morgan fingerprint density at radius 3 is 3.03 bits per heavy atom. The summed E-state index contributed by atoms with van der Waals surface area (Å²) in [7, 11) is 0. The van der Waals surface area contributed by atoms with Gasteiger partial charge in [-0.2, -0.15) is 5.26 Å². The molecule has 1 fully saturated rings. The number of rotatable bonds is 3. The predicted molar refractivity (Wildman–Crippen MR) is 108 cm³/mol. The van der Waals surface area contributed by atoms with Crippen molar-refractivity contribution in [3.8, 4) is 6.07 Å². The molecule has 0 spiro atoms. The van der Waals surface area contributed by atoms with Gasteiger partial charge in [-0.3, -0.25) is 9.79 Å². The van der Waals surface area contributed by atoms with Crippen molar-refractivity contribution in [1.82, 2.24) is 4.98 Å². The molecule has 2 aromatic rings. The molecule has 9 heteroatoms. The Bertz CT molecular complexity index is 1020. The Kier molecular flexibility index (Phi) is 5.22. The molecule has 1 saturated heterocycles. The minimum absolute atomic E-state index is 0.00538. The number of aromatic nitrogens is 1. The summed E-state index contributed by atoms with van der Waals surface area (Å²) >= 11 is 1.44. The topological polar surface area (TPSA) is 113 Å². The van der Waals surface area contributed by atoms with Crippen LogP contribution in [0.1, 0.15) is 28.0 Å². The van der Waals surface area contributed by atoms with Crippen molar-refractivity contribution in [2.24, 2.45) is 16.6 Å². The van der Waals surface area contributed by atoms with E-state index in [1.165, 1.54) is 42.2 Å². The van der Waals surface area contributed by atoms with Crippen molar-refractivity contribution >= 4 is 28.5 Å². The molecule has 148 valence electrons. The molecule has 2 aliphatic rings. The van der Waals surface area contributed by atoms with E-state index in [0.717, 1.165) is 0 Å². The Hall–Kier alpha value is -2.96. The van der Waals surface area contributed by atoms with E-state index >= 15 is 0 Å². The first-order valence-corrected chi connectivity index (χ1v) is 10.0. The van der Waals surface area contributed by atoms with Crippen molar-refractivity contribution in [1.29, 1.82) is 5.26 Å². The second-order valence-corrected chi connectivity index (χ2v) is 7.94. The summed E-state index contributed by atoms with van der Waals surface area (Å²) < 4.78 is 20.5. The third kappa shape index (κ3) is 3.69. The number of nitriles is 1. The molecular formula is C20H18FN5O2S. The Balaban J connectivity index is 1.66. The van der Waals surface area contributed by atoms with Gasteiger partial charge in [-0.05, 0) is 30.3 Å². The number of nitrogens with two attached hydrogens (primary N) is 1. The van der Waals surface area contributed by atoms with Gasteiger partial charge in [0.15, 0.2) is 5.17 Å². The van der Waals surface area contributed by atoms with Crippen LogP contribution in [-0.4, -0.2) is 35.0 Å². The SMILES string of the molecule is N#Cc1ccc(C(=O)Nc2ccc(F)c([C@]34CCOC[C@@H]3CSC(N)=N4)c2)nc1. The fourth-order valence-corrected chi connectivity index (χ4v) is 4.65. The highest BCUT2D eigenvalue weighted by molar-refractivity contribution is 8.13. The van der Waals surface area contributed by atoms with Gasteiger partial charge in [-0.25, -0.2) is 9.37 Å². The third-order valence-corrected chi connectivity index (χ3v) is 6.14. The number of ether oxygens (including phenoxy) is 1. The number of thioether (sulfide) groups is 1. The summed E-state index contributed by atoms with van der Waals surface area (Å²) in [6.45, 7) is 0.943. The summed E-state index contributed by atoms with van der Waals surface area (Å²) in [6, 6.07) is 9.37. The molecule has 0 radical (unpaired) electrons. The molecule has 4 rings (SSSR count). The molecule has 0 unspecified atom stereocenters. The van der Waals surface area contributed by atoms with Crippen LogP contribution in [0.5, 0.6) is 0 Å². The number of halogens is 1. The lowest BCUT2D eigenvalue weighted by Gasteiger charge is -2.44. The van der Waals surface area contributed by atoms with E-state index in [2.05, 4.69) is 15.3 Å². The molecule has 1 aromatic heterocycles. The highest BCUT2D eigenvalue weighted by Gasteiger charge is 2.47. The van der Waals surface area contributed by atoms with Crippen LogP contribution < -0.4 is 11.1 Å². The first kappa shape index (κ1) is 19.4. The minimum Gasteiger partial charge on any atom is -0.381 e. The van der Waals surface area contributed by atoms with Crippen LogP contribution in [0.4, 0.5) is 10.1 Å². The van der Waals surface area contributed by atoms with Gasteiger partial charge in [-0.1, -0.05) is 11.8 Å². The second-order valence-electron chi connectivity index (χ2n) is 6.90. The first-order chi connectivity index (χ1) is 14.0. The van der Waals surface area contributed by atoms with Crippen molar-refractivity contribution in [3.05, 3.63) is 59.2 Å². The van der Waals surface area contributed by atoms with Crippen molar-refractivity contribution in [3.63, 3.8) is 0 Å². The van der Waals surface area contributed by atoms with Crippen molar-refractivity contribution in [2.45, 2.75) is 12.0 Å². The Morgan fingerprint density at radius 2 is 2.28 bits per heavy atom. The smallest absolute Gasteiger partial charge is 0.274 e. The molecular weight excluding hydrogens is 393 g/mol. The number of carbonyl (C=O) groups excluding carboxylic acids is 1. The van der Waals surface area contributed by atoms with E-state index in [0.29, 0.717) is 47.4 Å². The van der Waals surface area contributed by atoms with Crippen LogP contribution in [0.2, 0.25) is 0 Å². The zero-order chi connectivity index (χ0) is 20.4. The van der Waals surface area contributed by atoms with Gasteiger partial charge in [0.1, 0.15) is 17.6 Å². The van der Waals surface area contributed by atoms with Crippen LogP contribution in [0.25, 0.3) is 0 Å². The molecule has 0 aliphatic carbocycles. The van der Waals surface area contributed by atoms with Gasteiger partial charge >= 0.3 is 0 Å². The van der Waals surface area contributed by atoms with Crippen LogP contribution in [0, 0.1) is 23.1 Å². The third-order valence-electron chi connectivity index (χ3n) is 5.18. The number of amidine groups is 1. The van der Waals surface area contributed by atoms with Gasteiger partial charge in [0.25, 0.3) is 5.91 Å². The molecule has 2 aliphatic heterocycles. The van der Waals surface area contributed by atoms with Crippen molar-refractivity contribution < 1.29 is 13.9 Å². The van der Waals surface area contributed by atoms with Crippen LogP contribution >= 0.6 is 11.8 Å². The molecule has 3 N–H and O–H groups in total. The lowest BCUT2D eigenvalue weighted by atomic mass is 9.75. The minimum atomic E-state index is -0.800. The molecule has 1 amide bonds. The zero-order valence-corrected chi connectivity index (χ0v) is 16.2. The number of amides is 1. The van der Waals surface area contributed by atoms with Gasteiger partial charge in [-0.15, -0.1) is 0 Å². The van der Waals surface area contributed by atoms with Gasteiger partial charge in [0.05, 0.1) is 17.7 Å². The molecule has 0 bridgehead atoms. The van der Waals surface area contributed by atoms with E-state index in [9.17, 15) is 9.18 Å². The Labute approximate surface area is 171 Å². The number of carbonyl (C=O) groups is 1. The number of hydrogen-bond acceptors (Lipinski definition) is 7. The number of nitrogens with zero attached hydrogens (tertiary/aromatic N) is 3. The van der Waals surface area contributed by atoms with Gasteiger partial charge in [0, 0.05) is 42.1 Å². The number of anilines is 1. The first-order valence-electron chi connectivity index (χ1n) is 9.05. The monoisotopic (exact) mass is 411 g/mol. The van der Waals surface area contributed by atoms with Crippen LogP contribution in [0.3, 0.4) is 0 Å². The van der Waals surface area contributed by atoms with Crippen molar-refractivity contribution in [2.75, 3.05) is 24.3 Å². The Morgan fingerprint density at radius 1 is 1.41 bits per heavy atom. The summed E-state index contributed by atoms with van der Waals surface area (Å²) in [5.74, 6) is -0.153. The average molecular weight is 411 g/mol. The average Bonchev–Trinajstić information content (AvgIpc) is 2.74. The lowest BCUT2D eigenvalue weighted by molar-refractivity contribution is 0.00886. The summed E-state index contributed by atoms with van der Waals surface area (Å²) in [5, 5.41) is 12.0. The standard InChI is InChI=1S/C20H18FN5O2S/c21-16-3-2-14(25-18(27)17-4-1-12(8-22)9-24-17)7-15(16)20-5-6-28-10-13(20)11-29-19(23)26-20/h1-4,7,9,13H,5-6,10-11H2,(H2,23,26)(H,25,27)/t13-,20+/m1/s1. The fourth-order valence-electron chi connectivity index (χ4n) is 3.68. The molecule has 0 saturated carbocycles. The largest absolute Gasteiger partial charge is 0.381 e. The number of benzene rings is 1. The quantitative estimate of drug-likeness (QED) is 0.803. The second kappa shape index (κ2) is 7.81. The van der Waals surface area contributed by atoms with E-state index in [1.54, 1.807) is 6.07 Å². The molecule has 1 aromatic carbocycles. The van der Waals surface area contributed by atoms with Crippen LogP contribution in [0.15, 0.2) is 41.5 Å².